The van der Waals surface area contributed by atoms with Gasteiger partial charge in [-0.2, -0.15) is 4.31 Å². The smallest absolute Gasteiger partial charge is 0.307 e. The Bertz CT molecular complexity index is 857. The number of aliphatic carboxylic acids is 1. The van der Waals surface area contributed by atoms with Crippen molar-refractivity contribution in [1.82, 2.24) is 8.87 Å². The molecule has 0 bridgehead atoms. The van der Waals surface area contributed by atoms with Gasteiger partial charge in [-0.1, -0.05) is 6.92 Å². The van der Waals surface area contributed by atoms with Gasteiger partial charge in [-0.25, -0.2) is 8.42 Å². The minimum absolute atomic E-state index is 0.0482. The van der Waals surface area contributed by atoms with Crippen LogP contribution in [0.1, 0.15) is 26.2 Å². The largest absolute Gasteiger partial charge is 0.481 e. The van der Waals surface area contributed by atoms with Crippen LogP contribution in [0.2, 0.25) is 0 Å². The standard InChI is InChI=1S/C17H22N2O4S/c1-2-8-18-10-7-13-11-15(5-6-16(13)18)24(22,23)19-9-3-4-14(12-19)17(20)21/h5-7,10-11,14H,2-4,8-9,12H2,1H3,(H,20,21). The molecule has 6 nitrogen and oxygen atoms in total. The van der Waals surface area contributed by atoms with E-state index >= 15 is 0 Å². The van der Waals surface area contributed by atoms with Crippen LogP contribution in [0, 0.1) is 5.92 Å². The van der Waals surface area contributed by atoms with Gasteiger partial charge in [0.1, 0.15) is 0 Å². The fourth-order valence-corrected chi connectivity index (χ4v) is 4.85. The summed E-state index contributed by atoms with van der Waals surface area (Å²) in [7, 11) is -3.66. The lowest BCUT2D eigenvalue weighted by Crippen LogP contribution is -2.42. The Hall–Kier alpha value is -1.86. The summed E-state index contributed by atoms with van der Waals surface area (Å²) in [5, 5.41) is 10.0. The SMILES string of the molecule is CCCn1ccc2cc(S(=O)(=O)N3CCCC(C(=O)O)C3)ccc21. The Labute approximate surface area is 141 Å². The van der Waals surface area contributed by atoms with E-state index in [1.54, 1.807) is 12.1 Å². The molecule has 3 rings (SSSR count). The molecule has 0 radical (unpaired) electrons. The fraction of sp³-hybridized carbons (Fsp3) is 0.471. The molecule has 0 spiro atoms. The number of piperidine rings is 1. The third-order valence-corrected chi connectivity index (χ3v) is 6.44. The molecule has 2 heterocycles. The van der Waals surface area contributed by atoms with Crippen molar-refractivity contribution in [3.05, 3.63) is 30.5 Å². The Kier molecular flexibility index (Phi) is 4.64. The van der Waals surface area contributed by atoms with E-state index in [0.29, 0.717) is 19.4 Å². The highest BCUT2D eigenvalue weighted by Crippen LogP contribution is 2.27. The molecule has 1 aromatic heterocycles. The summed E-state index contributed by atoms with van der Waals surface area (Å²) in [6.45, 7) is 3.41. The van der Waals surface area contributed by atoms with Gasteiger partial charge in [0.05, 0.1) is 10.8 Å². The van der Waals surface area contributed by atoms with Crippen LogP contribution in [-0.2, 0) is 21.4 Å². The second kappa shape index (κ2) is 6.57. The highest BCUT2D eigenvalue weighted by Gasteiger charge is 2.33. The summed E-state index contributed by atoms with van der Waals surface area (Å²) in [5.41, 5.74) is 1.01. The van der Waals surface area contributed by atoms with Gasteiger partial charge in [-0.05, 0) is 43.5 Å². The van der Waals surface area contributed by atoms with E-state index in [4.69, 9.17) is 5.11 Å². The Morgan fingerprint density at radius 1 is 1.33 bits per heavy atom. The maximum Gasteiger partial charge on any atom is 0.307 e. The van der Waals surface area contributed by atoms with E-state index < -0.39 is 21.9 Å². The van der Waals surface area contributed by atoms with E-state index in [9.17, 15) is 13.2 Å². The first-order valence-electron chi connectivity index (χ1n) is 8.25. The number of nitrogens with zero attached hydrogens (tertiary/aromatic N) is 2. The van der Waals surface area contributed by atoms with Crippen LogP contribution in [0.3, 0.4) is 0 Å². The van der Waals surface area contributed by atoms with Crippen molar-refractivity contribution < 1.29 is 18.3 Å². The van der Waals surface area contributed by atoms with Gasteiger partial charge in [0, 0.05) is 36.7 Å². The number of rotatable bonds is 5. The zero-order chi connectivity index (χ0) is 17.3. The van der Waals surface area contributed by atoms with E-state index in [2.05, 4.69) is 11.5 Å². The molecule has 1 unspecified atom stereocenters. The van der Waals surface area contributed by atoms with Crippen molar-refractivity contribution in [1.29, 1.82) is 0 Å². The number of benzene rings is 1. The molecule has 0 amide bonds. The second-order valence-corrected chi connectivity index (χ2v) is 8.21. The molecule has 1 aromatic carbocycles. The molecule has 1 aliphatic rings. The van der Waals surface area contributed by atoms with Crippen molar-refractivity contribution in [2.24, 2.45) is 5.92 Å². The highest BCUT2D eigenvalue weighted by molar-refractivity contribution is 7.89. The van der Waals surface area contributed by atoms with Crippen molar-refractivity contribution in [2.75, 3.05) is 13.1 Å². The lowest BCUT2D eigenvalue weighted by molar-refractivity contribution is -0.142. The molecule has 1 fully saturated rings. The summed E-state index contributed by atoms with van der Waals surface area (Å²) in [4.78, 5) is 11.4. The molecule has 7 heteroatoms. The lowest BCUT2D eigenvalue weighted by atomic mass is 10.0. The molecule has 1 aliphatic heterocycles. The second-order valence-electron chi connectivity index (χ2n) is 6.27. The van der Waals surface area contributed by atoms with Gasteiger partial charge in [0.15, 0.2) is 0 Å². The maximum atomic E-state index is 12.9. The van der Waals surface area contributed by atoms with Crippen LogP contribution in [-0.4, -0.2) is 41.5 Å². The number of carbonyl (C=O) groups is 1. The third kappa shape index (κ3) is 3.06. The zero-order valence-corrected chi connectivity index (χ0v) is 14.5. The van der Waals surface area contributed by atoms with E-state index in [-0.39, 0.29) is 11.4 Å². The van der Waals surface area contributed by atoms with Gasteiger partial charge >= 0.3 is 5.97 Å². The number of aromatic nitrogens is 1. The molecule has 0 aliphatic carbocycles. The Morgan fingerprint density at radius 3 is 2.83 bits per heavy atom. The van der Waals surface area contributed by atoms with Gasteiger partial charge in [-0.15, -0.1) is 0 Å². The third-order valence-electron chi connectivity index (χ3n) is 4.58. The first-order chi connectivity index (χ1) is 11.4. The predicted octanol–water partition coefficient (Wildman–Crippen LogP) is 2.54. The lowest BCUT2D eigenvalue weighted by Gasteiger charge is -2.29. The van der Waals surface area contributed by atoms with Crippen LogP contribution in [0.15, 0.2) is 35.4 Å². The summed E-state index contributed by atoms with van der Waals surface area (Å²) >= 11 is 0. The molecule has 1 atom stereocenters. The van der Waals surface area contributed by atoms with Crippen molar-refractivity contribution in [3.8, 4) is 0 Å². The van der Waals surface area contributed by atoms with Gasteiger partial charge < -0.3 is 9.67 Å². The van der Waals surface area contributed by atoms with E-state index in [0.717, 1.165) is 23.9 Å². The van der Waals surface area contributed by atoms with Crippen molar-refractivity contribution >= 4 is 26.9 Å². The normalized spacial score (nSPS) is 19.6. The minimum atomic E-state index is -3.66. The summed E-state index contributed by atoms with van der Waals surface area (Å²) in [5.74, 6) is -1.55. The van der Waals surface area contributed by atoms with Crippen molar-refractivity contribution in [3.63, 3.8) is 0 Å². The molecule has 0 saturated carbocycles. The quantitative estimate of drug-likeness (QED) is 0.899. The first-order valence-corrected chi connectivity index (χ1v) is 9.69. The van der Waals surface area contributed by atoms with Gasteiger partial charge in [0.2, 0.25) is 10.0 Å². The van der Waals surface area contributed by atoms with Crippen LogP contribution >= 0.6 is 0 Å². The van der Waals surface area contributed by atoms with Crippen LogP contribution in [0.25, 0.3) is 10.9 Å². The van der Waals surface area contributed by atoms with Gasteiger partial charge in [-0.3, -0.25) is 4.79 Å². The topological polar surface area (TPSA) is 79.6 Å². The van der Waals surface area contributed by atoms with Crippen LogP contribution < -0.4 is 0 Å². The van der Waals surface area contributed by atoms with Crippen LogP contribution in [0.5, 0.6) is 0 Å². The number of hydrogen-bond acceptors (Lipinski definition) is 3. The minimum Gasteiger partial charge on any atom is -0.481 e. The number of carboxylic acid groups (broad SMARTS) is 1. The summed E-state index contributed by atoms with van der Waals surface area (Å²) in [6, 6.07) is 7.05. The average molecular weight is 350 g/mol. The monoisotopic (exact) mass is 350 g/mol. The molecular formula is C17H22N2O4S. The fourth-order valence-electron chi connectivity index (χ4n) is 3.29. The maximum absolute atomic E-state index is 12.9. The predicted molar refractivity (Wildman–Crippen MR) is 91.3 cm³/mol. The summed E-state index contributed by atoms with van der Waals surface area (Å²) < 4.78 is 29.1. The first kappa shape index (κ1) is 17.0. The molecule has 130 valence electrons. The number of carboxylic acids is 1. The number of aryl methyl sites for hydroxylation is 1. The molecule has 1 N–H and O–H groups in total. The molecule has 1 saturated heterocycles. The van der Waals surface area contributed by atoms with Crippen LogP contribution in [0.4, 0.5) is 0 Å². The molecule has 24 heavy (non-hydrogen) atoms. The average Bonchev–Trinajstić information content (AvgIpc) is 2.98. The zero-order valence-electron chi connectivity index (χ0n) is 13.7. The van der Waals surface area contributed by atoms with E-state index in [1.165, 1.54) is 4.31 Å². The summed E-state index contributed by atoms with van der Waals surface area (Å²) in [6.07, 6.45) is 4.08. The molecular weight excluding hydrogens is 328 g/mol. The highest BCUT2D eigenvalue weighted by atomic mass is 32.2. The Morgan fingerprint density at radius 2 is 2.12 bits per heavy atom. The number of sulfonamides is 1. The van der Waals surface area contributed by atoms with E-state index in [1.807, 2.05) is 18.3 Å². The Balaban J connectivity index is 1.92. The number of hydrogen-bond donors (Lipinski definition) is 1. The molecule has 2 aromatic rings. The van der Waals surface area contributed by atoms with Gasteiger partial charge in [0.25, 0.3) is 0 Å². The van der Waals surface area contributed by atoms with Crippen molar-refractivity contribution in [2.45, 2.75) is 37.6 Å². The number of fused-ring (bicyclic) bond motifs is 1.